The van der Waals surface area contributed by atoms with Crippen LogP contribution in [0.15, 0.2) is 0 Å². The van der Waals surface area contributed by atoms with Crippen LogP contribution in [0.3, 0.4) is 0 Å². The van der Waals surface area contributed by atoms with Gasteiger partial charge in [0.05, 0.1) is 18.2 Å². The molecule has 0 spiro atoms. The number of amides is 1. The molecule has 0 aliphatic heterocycles. The molecule has 126 valence electrons. The fourth-order valence-corrected chi connectivity index (χ4v) is 2.41. The van der Waals surface area contributed by atoms with Crippen LogP contribution in [-0.4, -0.2) is 30.9 Å². The Morgan fingerprint density at radius 2 is 2.04 bits per heavy atom. The third-order valence-corrected chi connectivity index (χ3v) is 3.67. The maximum atomic E-state index is 12.8. The van der Waals surface area contributed by atoms with Crippen molar-refractivity contribution < 1.29 is 13.6 Å². The van der Waals surface area contributed by atoms with Crippen LogP contribution in [0.1, 0.15) is 54.5 Å². The van der Waals surface area contributed by atoms with Crippen LogP contribution in [0.2, 0.25) is 0 Å². The fraction of sp³-hybridized carbons (Fsp3) is 0.571. The minimum atomic E-state index is -2.72. The van der Waals surface area contributed by atoms with Gasteiger partial charge >= 0.3 is 6.55 Å². The molecule has 1 amide bonds. The fourth-order valence-electron chi connectivity index (χ4n) is 2.41. The number of carbonyl (C=O) groups is 1. The van der Waals surface area contributed by atoms with Gasteiger partial charge in [0, 0.05) is 11.3 Å². The molecule has 0 fully saturated rings. The molecule has 2 heterocycles. The van der Waals surface area contributed by atoms with Gasteiger partial charge in [-0.15, -0.1) is 0 Å². The number of aromatic amines is 1. The summed E-state index contributed by atoms with van der Waals surface area (Å²) in [5.74, 6) is 0.895. The molecule has 2 aromatic rings. The quantitative estimate of drug-likeness (QED) is 0.851. The summed E-state index contributed by atoms with van der Waals surface area (Å²) < 4.78 is 26.3. The predicted octanol–water partition coefficient (Wildman–Crippen LogP) is 2.13. The van der Waals surface area contributed by atoms with Crippen molar-refractivity contribution in [3.63, 3.8) is 0 Å². The number of nitrogens with one attached hydrogen (secondary N) is 2. The van der Waals surface area contributed by atoms with Gasteiger partial charge in [-0.3, -0.25) is 9.89 Å². The van der Waals surface area contributed by atoms with Gasteiger partial charge in [-0.05, 0) is 27.2 Å². The molecule has 2 aromatic heterocycles. The van der Waals surface area contributed by atoms with Crippen molar-refractivity contribution in [1.82, 2.24) is 30.3 Å². The van der Waals surface area contributed by atoms with Crippen LogP contribution in [0, 0.1) is 20.8 Å². The molecule has 0 aliphatic rings. The summed E-state index contributed by atoms with van der Waals surface area (Å²) in [6.45, 7) is 4.11. The minimum Gasteiger partial charge on any atom is -0.346 e. The van der Waals surface area contributed by atoms with Crippen molar-refractivity contribution in [3.05, 3.63) is 28.6 Å². The Labute approximate surface area is 132 Å². The van der Waals surface area contributed by atoms with Crippen molar-refractivity contribution in [2.24, 2.45) is 0 Å². The molecule has 1 atom stereocenters. The van der Waals surface area contributed by atoms with Crippen molar-refractivity contribution in [1.29, 1.82) is 0 Å². The van der Waals surface area contributed by atoms with E-state index in [1.165, 1.54) is 6.92 Å². The lowest BCUT2D eigenvalue weighted by molar-refractivity contribution is -0.121. The third-order valence-electron chi connectivity index (χ3n) is 3.67. The monoisotopic (exact) mass is 326 g/mol. The number of hydrogen-bond donors (Lipinski definition) is 2. The number of halogens is 2. The topological polar surface area (TPSA) is 88.5 Å². The molecule has 9 heteroatoms. The van der Waals surface area contributed by atoms with E-state index in [0.717, 1.165) is 0 Å². The normalized spacial score (nSPS) is 12.7. The zero-order valence-electron chi connectivity index (χ0n) is 13.5. The SMILES string of the molecule is CC[C@H](NC(=O)Cc1c(C)nn(C(F)F)c1C)c1n[nH]c(C)n1. The van der Waals surface area contributed by atoms with E-state index in [-0.39, 0.29) is 18.4 Å². The van der Waals surface area contributed by atoms with Crippen LogP contribution < -0.4 is 5.32 Å². The van der Waals surface area contributed by atoms with Crippen LogP contribution in [0.4, 0.5) is 8.78 Å². The second kappa shape index (κ2) is 6.84. The molecule has 23 heavy (non-hydrogen) atoms. The largest absolute Gasteiger partial charge is 0.346 e. The summed E-state index contributed by atoms with van der Waals surface area (Å²) in [6.07, 6.45) is 0.613. The minimum absolute atomic E-state index is 0.00963. The van der Waals surface area contributed by atoms with Crippen molar-refractivity contribution >= 4 is 5.91 Å². The van der Waals surface area contributed by atoms with Crippen LogP contribution in [0.5, 0.6) is 0 Å². The van der Waals surface area contributed by atoms with E-state index in [2.05, 4.69) is 25.6 Å². The molecule has 0 bridgehead atoms. The number of alkyl halides is 2. The number of aryl methyl sites for hydroxylation is 2. The van der Waals surface area contributed by atoms with E-state index in [4.69, 9.17) is 0 Å². The number of aromatic nitrogens is 5. The standard InChI is InChI=1S/C14H20F2N6O/c1-5-11(13-17-9(4)19-20-13)18-12(23)6-10-7(2)21-22(8(10)3)14(15)16/h11,14H,5-6H2,1-4H3,(H,18,23)(H,17,19,20)/t11-/m0/s1. The van der Waals surface area contributed by atoms with Gasteiger partial charge in [0.15, 0.2) is 5.82 Å². The highest BCUT2D eigenvalue weighted by molar-refractivity contribution is 5.79. The number of rotatable bonds is 6. The Bertz CT molecular complexity index is 693. The Morgan fingerprint density at radius 1 is 1.35 bits per heavy atom. The van der Waals surface area contributed by atoms with Gasteiger partial charge in [0.2, 0.25) is 5.91 Å². The molecule has 0 saturated heterocycles. The smallest absolute Gasteiger partial charge is 0.333 e. The summed E-state index contributed by atoms with van der Waals surface area (Å²) in [5.41, 5.74) is 1.25. The molecule has 0 saturated carbocycles. The number of carbonyl (C=O) groups excluding carboxylic acids is 1. The van der Waals surface area contributed by atoms with Gasteiger partial charge in [-0.1, -0.05) is 6.92 Å². The molecule has 2 N–H and O–H groups in total. The third kappa shape index (κ3) is 3.72. The first-order valence-corrected chi connectivity index (χ1v) is 7.34. The first kappa shape index (κ1) is 17.0. The molecular formula is C14H20F2N6O. The van der Waals surface area contributed by atoms with Gasteiger partial charge < -0.3 is 5.32 Å². The van der Waals surface area contributed by atoms with E-state index in [0.29, 0.717) is 39.7 Å². The Hall–Kier alpha value is -2.32. The first-order valence-electron chi connectivity index (χ1n) is 7.34. The van der Waals surface area contributed by atoms with Crippen molar-refractivity contribution in [2.75, 3.05) is 0 Å². The second-order valence-electron chi connectivity index (χ2n) is 5.36. The van der Waals surface area contributed by atoms with E-state index in [9.17, 15) is 13.6 Å². The molecule has 0 aromatic carbocycles. The van der Waals surface area contributed by atoms with Crippen LogP contribution in [-0.2, 0) is 11.2 Å². The molecule has 0 aliphatic carbocycles. The maximum absolute atomic E-state index is 12.8. The molecule has 0 unspecified atom stereocenters. The summed E-state index contributed by atoms with van der Waals surface area (Å²) in [5, 5.41) is 13.4. The summed E-state index contributed by atoms with van der Waals surface area (Å²) in [7, 11) is 0. The summed E-state index contributed by atoms with van der Waals surface area (Å²) in [4.78, 5) is 16.5. The number of nitrogens with zero attached hydrogens (tertiary/aromatic N) is 4. The second-order valence-corrected chi connectivity index (χ2v) is 5.36. The average Bonchev–Trinajstić information content (AvgIpc) is 3.03. The van der Waals surface area contributed by atoms with Crippen LogP contribution >= 0.6 is 0 Å². The van der Waals surface area contributed by atoms with Crippen molar-refractivity contribution in [3.8, 4) is 0 Å². The highest BCUT2D eigenvalue weighted by Crippen LogP contribution is 2.20. The Kier molecular flexibility index (Phi) is 5.07. The van der Waals surface area contributed by atoms with Gasteiger partial charge in [-0.2, -0.15) is 19.0 Å². The van der Waals surface area contributed by atoms with Gasteiger partial charge in [0.25, 0.3) is 0 Å². The molecule has 0 radical (unpaired) electrons. The molecule has 2 rings (SSSR count). The lowest BCUT2D eigenvalue weighted by Crippen LogP contribution is -2.30. The van der Waals surface area contributed by atoms with Gasteiger partial charge in [-0.25, -0.2) is 9.67 Å². The van der Waals surface area contributed by atoms with E-state index < -0.39 is 6.55 Å². The van der Waals surface area contributed by atoms with Crippen LogP contribution in [0.25, 0.3) is 0 Å². The van der Waals surface area contributed by atoms with Gasteiger partial charge in [0.1, 0.15) is 5.82 Å². The number of hydrogen-bond acceptors (Lipinski definition) is 4. The zero-order valence-corrected chi connectivity index (χ0v) is 13.5. The van der Waals surface area contributed by atoms with E-state index in [1.54, 1.807) is 13.8 Å². The van der Waals surface area contributed by atoms with E-state index in [1.807, 2.05) is 6.92 Å². The highest BCUT2D eigenvalue weighted by Gasteiger charge is 2.21. The zero-order chi connectivity index (χ0) is 17.1. The lowest BCUT2D eigenvalue weighted by atomic mass is 10.1. The van der Waals surface area contributed by atoms with Crippen molar-refractivity contribution in [2.45, 2.75) is 53.1 Å². The summed E-state index contributed by atoms with van der Waals surface area (Å²) >= 11 is 0. The Balaban J connectivity index is 2.10. The first-order chi connectivity index (χ1) is 10.8. The maximum Gasteiger partial charge on any atom is 0.333 e. The Morgan fingerprint density at radius 3 is 2.52 bits per heavy atom. The summed E-state index contributed by atoms with van der Waals surface area (Å²) in [6, 6.07) is -0.321. The number of H-pyrrole nitrogens is 1. The average molecular weight is 326 g/mol. The highest BCUT2D eigenvalue weighted by atomic mass is 19.3. The molecule has 7 nitrogen and oxygen atoms in total. The molecular weight excluding hydrogens is 306 g/mol. The lowest BCUT2D eigenvalue weighted by Gasteiger charge is -2.13. The predicted molar refractivity (Wildman–Crippen MR) is 79.0 cm³/mol. The van der Waals surface area contributed by atoms with E-state index >= 15 is 0 Å².